The summed E-state index contributed by atoms with van der Waals surface area (Å²) in [5, 5.41) is 19.6. The molecule has 2 heterocycles. The Morgan fingerprint density at radius 1 is 0.857 bits per heavy atom. The molecule has 0 radical (unpaired) electrons. The average Bonchev–Trinajstić information content (AvgIpc) is 2.93. The first-order chi connectivity index (χ1) is 10.2. The summed E-state index contributed by atoms with van der Waals surface area (Å²) in [5.74, 6) is 2.06. The highest BCUT2D eigenvalue weighted by Crippen LogP contribution is 2.42. The van der Waals surface area contributed by atoms with Gasteiger partial charge in [0.15, 0.2) is 11.5 Å². The SMILES string of the molecule is Oc1ccc2c(c1)OCC(c1cc3c(cc1O)OCO3)=C2. The van der Waals surface area contributed by atoms with E-state index in [-0.39, 0.29) is 18.3 Å². The molecule has 0 spiro atoms. The lowest BCUT2D eigenvalue weighted by Crippen LogP contribution is -2.06. The second-order valence-electron chi connectivity index (χ2n) is 4.90. The summed E-state index contributed by atoms with van der Waals surface area (Å²) in [6.45, 7) is 0.472. The maximum absolute atomic E-state index is 10.1. The van der Waals surface area contributed by atoms with Crippen LogP contribution in [0.15, 0.2) is 30.3 Å². The maximum Gasteiger partial charge on any atom is 0.231 e. The van der Waals surface area contributed by atoms with Crippen LogP contribution in [0.1, 0.15) is 11.1 Å². The van der Waals surface area contributed by atoms with Gasteiger partial charge in [0.05, 0.1) is 0 Å². The summed E-state index contributed by atoms with van der Waals surface area (Å²) in [5.41, 5.74) is 2.34. The summed E-state index contributed by atoms with van der Waals surface area (Å²) in [4.78, 5) is 0. The molecule has 0 aromatic heterocycles. The van der Waals surface area contributed by atoms with Gasteiger partial charge in [-0.05, 0) is 24.3 Å². The van der Waals surface area contributed by atoms with Gasteiger partial charge in [-0.3, -0.25) is 0 Å². The lowest BCUT2D eigenvalue weighted by molar-refractivity contribution is 0.174. The molecule has 21 heavy (non-hydrogen) atoms. The van der Waals surface area contributed by atoms with Crippen molar-refractivity contribution in [1.82, 2.24) is 0 Å². The zero-order chi connectivity index (χ0) is 14.4. The van der Waals surface area contributed by atoms with E-state index in [2.05, 4.69) is 0 Å². The lowest BCUT2D eigenvalue weighted by atomic mass is 9.99. The first-order valence-electron chi connectivity index (χ1n) is 6.50. The molecule has 4 rings (SSSR count). The summed E-state index contributed by atoms with van der Waals surface area (Å²) in [6.07, 6.45) is 1.93. The van der Waals surface area contributed by atoms with Crippen molar-refractivity contribution in [3.05, 3.63) is 41.5 Å². The highest BCUT2D eigenvalue weighted by atomic mass is 16.7. The third-order valence-corrected chi connectivity index (χ3v) is 3.55. The van der Waals surface area contributed by atoms with Gasteiger partial charge >= 0.3 is 0 Å². The number of aromatic hydroxyl groups is 2. The van der Waals surface area contributed by atoms with Crippen LogP contribution in [0.4, 0.5) is 0 Å². The van der Waals surface area contributed by atoms with Gasteiger partial charge in [-0.2, -0.15) is 0 Å². The topological polar surface area (TPSA) is 68.2 Å². The van der Waals surface area contributed by atoms with Crippen LogP contribution < -0.4 is 14.2 Å². The van der Waals surface area contributed by atoms with Crippen molar-refractivity contribution in [2.24, 2.45) is 0 Å². The van der Waals surface area contributed by atoms with Crippen molar-refractivity contribution >= 4 is 11.6 Å². The van der Waals surface area contributed by atoms with Crippen LogP contribution in [-0.4, -0.2) is 23.6 Å². The molecule has 0 unspecified atom stereocenters. The van der Waals surface area contributed by atoms with Crippen LogP contribution in [0.3, 0.4) is 0 Å². The van der Waals surface area contributed by atoms with E-state index in [0.717, 1.165) is 11.1 Å². The zero-order valence-electron chi connectivity index (χ0n) is 11.0. The van der Waals surface area contributed by atoms with E-state index in [9.17, 15) is 10.2 Å². The minimum Gasteiger partial charge on any atom is -0.508 e. The van der Waals surface area contributed by atoms with Crippen LogP contribution in [0, 0.1) is 0 Å². The van der Waals surface area contributed by atoms with Crippen molar-refractivity contribution in [3.8, 4) is 28.7 Å². The van der Waals surface area contributed by atoms with Crippen molar-refractivity contribution < 1.29 is 24.4 Å². The van der Waals surface area contributed by atoms with E-state index in [1.165, 1.54) is 0 Å². The normalized spacial score (nSPS) is 15.1. The second kappa shape index (κ2) is 4.34. The molecule has 2 N–H and O–H groups in total. The number of benzene rings is 2. The lowest BCUT2D eigenvalue weighted by Gasteiger charge is -2.19. The van der Waals surface area contributed by atoms with Crippen LogP contribution >= 0.6 is 0 Å². The molecule has 0 saturated carbocycles. The predicted octanol–water partition coefficient (Wildman–Crippen LogP) is 2.76. The molecule has 106 valence electrons. The Balaban J connectivity index is 1.79. The van der Waals surface area contributed by atoms with E-state index >= 15 is 0 Å². The summed E-state index contributed by atoms with van der Waals surface area (Å²) in [7, 11) is 0. The quantitative estimate of drug-likeness (QED) is 0.842. The molecule has 0 saturated heterocycles. The number of phenolic OH excluding ortho intramolecular Hbond substituents is 2. The Kier molecular flexibility index (Phi) is 2.47. The van der Waals surface area contributed by atoms with Gasteiger partial charge in [0.1, 0.15) is 23.9 Å². The molecular formula is C16H12O5. The highest BCUT2D eigenvalue weighted by Gasteiger charge is 2.21. The second-order valence-corrected chi connectivity index (χ2v) is 4.90. The Morgan fingerprint density at radius 2 is 1.67 bits per heavy atom. The monoisotopic (exact) mass is 284 g/mol. The van der Waals surface area contributed by atoms with Gasteiger partial charge in [0.25, 0.3) is 0 Å². The molecule has 2 aromatic rings. The molecule has 2 aliphatic heterocycles. The molecule has 0 amide bonds. The summed E-state index contributed by atoms with van der Waals surface area (Å²) >= 11 is 0. The van der Waals surface area contributed by atoms with Crippen molar-refractivity contribution in [2.75, 3.05) is 13.4 Å². The predicted molar refractivity (Wildman–Crippen MR) is 75.7 cm³/mol. The van der Waals surface area contributed by atoms with Crippen LogP contribution in [0.2, 0.25) is 0 Å². The highest BCUT2D eigenvalue weighted by molar-refractivity contribution is 5.88. The Morgan fingerprint density at radius 3 is 2.52 bits per heavy atom. The van der Waals surface area contributed by atoms with Gasteiger partial charge in [0.2, 0.25) is 6.79 Å². The summed E-state index contributed by atoms with van der Waals surface area (Å²) < 4.78 is 16.2. The third-order valence-electron chi connectivity index (χ3n) is 3.55. The molecule has 5 heteroatoms. The van der Waals surface area contributed by atoms with Gasteiger partial charge < -0.3 is 24.4 Å². The van der Waals surface area contributed by atoms with E-state index < -0.39 is 0 Å². The zero-order valence-corrected chi connectivity index (χ0v) is 11.0. The molecule has 2 aliphatic rings. The van der Waals surface area contributed by atoms with E-state index in [4.69, 9.17) is 14.2 Å². The molecule has 0 fully saturated rings. The maximum atomic E-state index is 10.1. The molecular weight excluding hydrogens is 272 g/mol. The average molecular weight is 284 g/mol. The van der Waals surface area contributed by atoms with Crippen LogP contribution in [0.25, 0.3) is 11.6 Å². The van der Waals surface area contributed by atoms with E-state index in [1.54, 1.807) is 30.3 Å². The van der Waals surface area contributed by atoms with Gasteiger partial charge in [0, 0.05) is 28.8 Å². The number of hydrogen-bond acceptors (Lipinski definition) is 5. The first kappa shape index (κ1) is 12.0. The Hall–Kier alpha value is -2.82. The standard InChI is InChI=1S/C16H12O5/c17-11-2-1-9-3-10(7-19-14(9)4-11)12-5-15-16(6-13(12)18)21-8-20-15/h1-6,17-18H,7-8H2. The largest absolute Gasteiger partial charge is 0.508 e. The molecule has 2 aromatic carbocycles. The van der Waals surface area contributed by atoms with Crippen LogP contribution in [-0.2, 0) is 0 Å². The van der Waals surface area contributed by atoms with E-state index in [1.807, 2.05) is 6.08 Å². The van der Waals surface area contributed by atoms with Gasteiger partial charge in [-0.25, -0.2) is 0 Å². The molecule has 5 nitrogen and oxygen atoms in total. The number of rotatable bonds is 1. The van der Waals surface area contributed by atoms with E-state index in [0.29, 0.717) is 29.4 Å². The van der Waals surface area contributed by atoms with Crippen molar-refractivity contribution in [3.63, 3.8) is 0 Å². The fraction of sp³-hybridized carbons (Fsp3) is 0.125. The molecule has 0 bridgehead atoms. The van der Waals surface area contributed by atoms with Gasteiger partial charge in [-0.1, -0.05) is 0 Å². The Bertz CT molecular complexity index is 764. The third kappa shape index (κ3) is 1.94. The molecule has 0 atom stereocenters. The minimum absolute atomic E-state index is 0.122. The number of hydrogen-bond donors (Lipinski definition) is 2. The number of phenols is 2. The minimum atomic E-state index is 0.122. The fourth-order valence-electron chi connectivity index (χ4n) is 2.50. The van der Waals surface area contributed by atoms with Crippen LogP contribution in [0.5, 0.6) is 28.7 Å². The smallest absolute Gasteiger partial charge is 0.231 e. The number of ether oxygens (including phenoxy) is 3. The van der Waals surface area contributed by atoms with Gasteiger partial charge in [-0.15, -0.1) is 0 Å². The number of fused-ring (bicyclic) bond motifs is 2. The Labute approximate surface area is 120 Å². The molecule has 0 aliphatic carbocycles. The fourth-order valence-corrected chi connectivity index (χ4v) is 2.50. The summed E-state index contributed by atoms with van der Waals surface area (Å²) in [6, 6.07) is 8.24. The first-order valence-corrected chi connectivity index (χ1v) is 6.50. The van der Waals surface area contributed by atoms with Crippen molar-refractivity contribution in [1.29, 1.82) is 0 Å². The van der Waals surface area contributed by atoms with Crippen molar-refractivity contribution in [2.45, 2.75) is 0 Å².